The van der Waals surface area contributed by atoms with Gasteiger partial charge < -0.3 is 0 Å². The van der Waals surface area contributed by atoms with E-state index in [9.17, 15) is 0 Å². The fourth-order valence-electron chi connectivity index (χ4n) is 12.6. The number of fused-ring (bicyclic) bond motifs is 5. The van der Waals surface area contributed by atoms with Crippen molar-refractivity contribution in [3.8, 4) is 0 Å². The summed E-state index contributed by atoms with van der Waals surface area (Å²) in [6, 6.07) is 0. The molecule has 3 saturated carbocycles. The van der Waals surface area contributed by atoms with Crippen molar-refractivity contribution in [2.45, 2.75) is 244 Å². The molecule has 3 nitrogen and oxygen atoms in total. The van der Waals surface area contributed by atoms with Gasteiger partial charge in [-0.05, 0) is 55.3 Å². The van der Waals surface area contributed by atoms with Crippen LogP contribution in [0.2, 0.25) is 16.6 Å². The standard InChI is InChI=1S/C54H97AsO3/c1-10-12-13-14-15-16-17-18-19-20-21-22-23-24-25-26-39-56-42-47(41-55(8)9)58-52(28-11-2)57-46-35-37-53(6)45(40-46)31-32-48-50-34-33-49(44(5)30-27-29-43(3)4)54(50,7)38-36-51(48)53/h15-16,18-19,31,43-44,46-52H,10-14,17,20-30,32-42H2,1-9H3/b16-15-,19-18-/t44-,46?,47?,48?,49-,50?,51?,52?,53+,54-/m1/s1. The van der Waals surface area contributed by atoms with Crippen LogP contribution in [0, 0.1) is 46.3 Å². The van der Waals surface area contributed by atoms with Crippen LogP contribution in [0.15, 0.2) is 36.0 Å². The van der Waals surface area contributed by atoms with Gasteiger partial charge in [-0.15, -0.1) is 0 Å². The molecule has 0 aliphatic heterocycles. The van der Waals surface area contributed by atoms with Gasteiger partial charge in [-0.3, -0.25) is 0 Å². The predicted octanol–water partition coefficient (Wildman–Crippen LogP) is 16.5. The Morgan fingerprint density at radius 1 is 0.759 bits per heavy atom. The van der Waals surface area contributed by atoms with E-state index in [0.717, 1.165) is 74.4 Å². The first-order chi connectivity index (χ1) is 28.0. The quantitative estimate of drug-likeness (QED) is 0.0312. The average molecular weight is 869 g/mol. The molecule has 0 bridgehead atoms. The Balaban J connectivity index is 1.16. The van der Waals surface area contributed by atoms with Crippen LogP contribution < -0.4 is 0 Å². The fourth-order valence-corrected chi connectivity index (χ4v) is 14.7. The van der Waals surface area contributed by atoms with Crippen molar-refractivity contribution in [3.63, 3.8) is 0 Å². The first-order valence-corrected chi connectivity index (χ1v) is 30.6. The molecule has 0 N–H and O–H groups in total. The third-order valence-corrected chi connectivity index (χ3v) is 18.2. The number of allylic oxidation sites excluding steroid dienone is 5. The zero-order valence-electron chi connectivity index (χ0n) is 40.1. The molecule has 336 valence electrons. The monoisotopic (exact) mass is 869 g/mol. The molecule has 4 aliphatic carbocycles. The minimum atomic E-state index is -0.875. The van der Waals surface area contributed by atoms with Crippen LogP contribution in [0.25, 0.3) is 0 Å². The summed E-state index contributed by atoms with van der Waals surface area (Å²) in [6.45, 7) is 19.0. The normalized spacial score (nSPS) is 30.2. The molecular weight excluding hydrogens is 772 g/mol. The molecule has 3 fully saturated rings. The predicted molar refractivity (Wildman–Crippen MR) is 254 cm³/mol. The Morgan fingerprint density at radius 2 is 1.48 bits per heavy atom. The number of hydrogen-bond donors (Lipinski definition) is 0. The van der Waals surface area contributed by atoms with Crippen LogP contribution >= 0.6 is 0 Å². The molecule has 58 heavy (non-hydrogen) atoms. The molecule has 0 heterocycles. The van der Waals surface area contributed by atoms with Crippen LogP contribution in [0.4, 0.5) is 0 Å². The summed E-state index contributed by atoms with van der Waals surface area (Å²) in [6.07, 6.45) is 45.0. The van der Waals surface area contributed by atoms with E-state index >= 15 is 0 Å². The van der Waals surface area contributed by atoms with Crippen molar-refractivity contribution < 1.29 is 14.2 Å². The summed E-state index contributed by atoms with van der Waals surface area (Å²) in [5, 5.41) is 1.18. The van der Waals surface area contributed by atoms with Crippen molar-refractivity contribution in [2.24, 2.45) is 46.3 Å². The average Bonchev–Trinajstić information content (AvgIpc) is 3.54. The van der Waals surface area contributed by atoms with Gasteiger partial charge in [0.25, 0.3) is 0 Å². The Bertz CT molecular complexity index is 1190. The number of unbranched alkanes of at least 4 members (excludes halogenated alkanes) is 9. The van der Waals surface area contributed by atoms with Crippen LogP contribution in [-0.2, 0) is 14.2 Å². The van der Waals surface area contributed by atoms with E-state index in [1.807, 2.05) is 0 Å². The second-order valence-corrected chi connectivity index (χ2v) is 26.5. The number of rotatable bonds is 30. The molecule has 0 saturated heterocycles. The summed E-state index contributed by atoms with van der Waals surface area (Å²) >= 11 is -0.875. The number of ether oxygens (including phenoxy) is 3. The first kappa shape index (κ1) is 50.3. The van der Waals surface area contributed by atoms with E-state index in [4.69, 9.17) is 14.2 Å². The summed E-state index contributed by atoms with van der Waals surface area (Å²) in [5.74, 6) is 5.35. The van der Waals surface area contributed by atoms with Crippen LogP contribution in [-0.4, -0.2) is 46.4 Å². The van der Waals surface area contributed by atoms with Crippen molar-refractivity contribution in [1.82, 2.24) is 0 Å². The van der Waals surface area contributed by atoms with Gasteiger partial charge in [0.05, 0.1) is 0 Å². The Kier molecular flexibility index (Phi) is 23.4. The number of hydrogen-bond acceptors (Lipinski definition) is 3. The van der Waals surface area contributed by atoms with Crippen molar-refractivity contribution in [2.75, 3.05) is 13.2 Å². The van der Waals surface area contributed by atoms with E-state index < -0.39 is 14.7 Å². The van der Waals surface area contributed by atoms with Gasteiger partial charge in [0.2, 0.25) is 0 Å². The molecule has 0 aromatic heterocycles. The van der Waals surface area contributed by atoms with Gasteiger partial charge in [-0.25, -0.2) is 0 Å². The molecule has 10 atom stereocenters. The van der Waals surface area contributed by atoms with Gasteiger partial charge in [0.15, 0.2) is 0 Å². The zero-order chi connectivity index (χ0) is 41.8. The zero-order valence-corrected chi connectivity index (χ0v) is 41.9. The van der Waals surface area contributed by atoms with E-state index in [-0.39, 0.29) is 12.4 Å². The maximum atomic E-state index is 6.98. The topological polar surface area (TPSA) is 27.7 Å². The summed E-state index contributed by atoms with van der Waals surface area (Å²) in [4.78, 5) is 0. The van der Waals surface area contributed by atoms with E-state index in [0.29, 0.717) is 16.9 Å². The second kappa shape index (κ2) is 27.0. The fraction of sp³-hybridized carbons (Fsp3) is 0.889. The molecule has 4 aliphatic rings. The molecular formula is C54H97AsO3. The van der Waals surface area contributed by atoms with E-state index in [1.165, 1.54) is 140 Å². The molecule has 4 heteroatoms. The Labute approximate surface area is 366 Å². The van der Waals surface area contributed by atoms with Crippen LogP contribution in [0.5, 0.6) is 0 Å². The molecule has 0 amide bonds. The molecule has 4 rings (SSSR count). The van der Waals surface area contributed by atoms with Crippen LogP contribution in [0.3, 0.4) is 0 Å². The van der Waals surface area contributed by atoms with Gasteiger partial charge >= 0.3 is 222 Å². The molecule has 0 aromatic carbocycles. The van der Waals surface area contributed by atoms with Gasteiger partial charge in [-0.1, -0.05) is 91.0 Å². The van der Waals surface area contributed by atoms with Crippen molar-refractivity contribution >= 4 is 14.7 Å². The SMILES string of the molecule is CCCCC/C=C\C/C=C\CCCCCCCCOCC(C[As](C)C)OC(CCC)OC1CC[C@@]2(C)C(=CCC3C2CC[C@@]2(C)C3CC[C@@H]2[C@H](C)CCCC(C)C)C1. The maximum absolute atomic E-state index is 6.98. The third-order valence-electron chi connectivity index (χ3n) is 15.8. The summed E-state index contributed by atoms with van der Waals surface area (Å²) in [7, 11) is 0. The minimum absolute atomic E-state index is 0.103. The van der Waals surface area contributed by atoms with Crippen molar-refractivity contribution in [3.05, 3.63) is 36.0 Å². The molecule has 0 radical (unpaired) electrons. The van der Waals surface area contributed by atoms with Crippen molar-refractivity contribution in [1.29, 1.82) is 0 Å². The van der Waals surface area contributed by atoms with Gasteiger partial charge in [0.1, 0.15) is 0 Å². The molecule has 6 unspecified atom stereocenters. The summed E-state index contributed by atoms with van der Waals surface area (Å²) in [5.41, 5.74) is 7.59. The van der Waals surface area contributed by atoms with Gasteiger partial charge in [0, 0.05) is 0 Å². The third kappa shape index (κ3) is 15.8. The Morgan fingerprint density at radius 3 is 2.19 bits per heavy atom. The van der Waals surface area contributed by atoms with Gasteiger partial charge in [-0.2, -0.15) is 0 Å². The second-order valence-electron chi connectivity index (χ2n) is 21.2. The summed E-state index contributed by atoms with van der Waals surface area (Å²) < 4.78 is 20.2. The molecule has 0 aromatic rings. The van der Waals surface area contributed by atoms with E-state index in [1.54, 1.807) is 5.57 Å². The van der Waals surface area contributed by atoms with Crippen LogP contribution in [0.1, 0.15) is 209 Å². The molecule has 0 spiro atoms. The van der Waals surface area contributed by atoms with E-state index in [2.05, 4.69) is 90.3 Å². The Hall–Kier alpha value is -0.342. The first-order valence-electron chi connectivity index (χ1n) is 25.5.